The van der Waals surface area contributed by atoms with Crippen LogP contribution >= 0.6 is 0 Å². The second kappa shape index (κ2) is 12.5. The molecule has 13 nitrogen and oxygen atoms in total. The molecule has 13 heteroatoms. The molecule has 222 valence electrons. The molecule has 2 aromatic heterocycles. The monoisotopic (exact) mass is 576 g/mol. The number of piperidine rings is 1. The molecule has 0 aliphatic carbocycles. The molecule has 2 atom stereocenters. The van der Waals surface area contributed by atoms with Crippen molar-refractivity contribution in [3.63, 3.8) is 0 Å². The van der Waals surface area contributed by atoms with Gasteiger partial charge in [0.25, 0.3) is 11.5 Å². The Hall–Kier alpha value is -4.55. The van der Waals surface area contributed by atoms with E-state index < -0.39 is 29.2 Å². The van der Waals surface area contributed by atoms with E-state index in [1.54, 1.807) is 16.5 Å². The third-order valence-electron chi connectivity index (χ3n) is 7.87. The molecule has 0 spiro atoms. The van der Waals surface area contributed by atoms with E-state index in [1.807, 2.05) is 30.3 Å². The van der Waals surface area contributed by atoms with Crippen LogP contribution in [0.2, 0.25) is 0 Å². The number of nitrogens with one attached hydrogen (secondary N) is 2. The zero-order chi connectivity index (χ0) is 29.8. The van der Waals surface area contributed by atoms with Gasteiger partial charge in [-0.05, 0) is 44.6 Å². The molecule has 1 aromatic carbocycles. The molecule has 3 amide bonds. The highest BCUT2D eigenvalue weighted by atomic mass is 16.2. The van der Waals surface area contributed by atoms with Crippen molar-refractivity contribution in [3.05, 3.63) is 80.1 Å². The molecule has 2 aliphatic heterocycles. The predicted octanol–water partition coefficient (Wildman–Crippen LogP) is 0.691. The zero-order valence-corrected chi connectivity index (χ0v) is 23.9. The van der Waals surface area contributed by atoms with Crippen LogP contribution < -0.4 is 16.6 Å². The minimum absolute atomic E-state index is 0.141. The molecule has 0 saturated carbocycles. The fourth-order valence-corrected chi connectivity index (χ4v) is 5.70. The molecule has 5 rings (SSSR count). The van der Waals surface area contributed by atoms with Crippen LogP contribution in [0, 0.1) is 6.92 Å². The standard InChI is InChI=1S/C29H36N8O5/c1-19-30-25-22(17-20-9-4-3-5-10-20)31-27(40)23-11-6-7-14-36(23)24(38)12-8-13-35(15-16-37(25)33-19)28(41)21-18-34(2)29(42)32-26(21)39/h3-5,9-10,18,22-23H,6-8,11-17H2,1-2H3,(H,31,40)(H,32,39,42)/t22-,23+/m1/s1. The van der Waals surface area contributed by atoms with E-state index in [4.69, 9.17) is 0 Å². The van der Waals surface area contributed by atoms with Crippen LogP contribution in [0.3, 0.4) is 0 Å². The molecule has 3 aromatic rings. The van der Waals surface area contributed by atoms with Crippen LogP contribution in [-0.4, -0.2) is 77.5 Å². The second-order valence-electron chi connectivity index (χ2n) is 10.9. The van der Waals surface area contributed by atoms with Crippen LogP contribution in [0.25, 0.3) is 0 Å². The Labute approximate surface area is 242 Å². The number of hydrogen-bond acceptors (Lipinski definition) is 7. The summed E-state index contributed by atoms with van der Waals surface area (Å²) >= 11 is 0. The highest BCUT2D eigenvalue weighted by Gasteiger charge is 2.34. The van der Waals surface area contributed by atoms with Gasteiger partial charge in [0.15, 0.2) is 0 Å². The second-order valence-corrected chi connectivity index (χ2v) is 10.9. The maximum Gasteiger partial charge on any atom is 0.328 e. The molecule has 0 unspecified atom stereocenters. The average Bonchev–Trinajstić information content (AvgIpc) is 3.36. The summed E-state index contributed by atoms with van der Waals surface area (Å²) in [5.41, 5.74) is -0.547. The van der Waals surface area contributed by atoms with Gasteiger partial charge in [0.2, 0.25) is 11.8 Å². The number of amides is 3. The molecule has 42 heavy (non-hydrogen) atoms. The predicted molar refractivity (Wildman–Crippen MR) is 153 cm³/mol. The summed E-state index contributed by atoms with van der Waals surface area (Å²) in [6.45, 7) is 2.88. The Kier molecular flexibility index (Phi) is 8.64. The summed E-state index contributed by atoms with van der Waals surface area (Å²) in [4.78, 5) is 75.1. The highest BCUT2D eigenvalue weighted by Crippen LogP contribution is 2.23. The van der Waals surface area contributed by atoms with Crippen molar-refractivity contribution in [3.8, 4) is 0 Å². The van der Waals surface area contributed by atoms with Gasteiger partial charge in [0.1, 0.15) is 23.3 Å². The van der Waals surface area contributed by atoms with Gasteiger partial charge >= 0.3 is 5.69 Å². The van der Waals surface area contributed by atoms with Crippen molar-refractivity contribution < 1.29 is 14.4 Å². The van der Waals surface area contributed by atoms with E-state index in [0.29, 0.717) is 37.5 Å². The maximum absolute atomic E-state index is 13.7. The summed E-state index contributed by atoms with van der Waals surface area (Å²) < 4.78 is 2.85. The molecule has 1 fully saturated rings. The minimum atomic E-state index is -0.766. The number of nitrogens with zero attached hydrogens (tertiary/aromatic N) is 6. The molecule has 4 heterocycles. The Morgan fingerprint density at radius 2 is 1.79 bits per heavy atom. The molecule has 1 saturated heterocycles. The van der Waals surface area contributed by atoms with Gasteiger partial charge in [-0.1, -0.05) is 30.3 Å². The lowest BCUT2D eigenvalue weighted by Gasteiger charge is -2.36. The SMILES string of the molecule is Cc1nc2n(n1)CCN(C(=O)c1cn(C)c(=O)[nH]c1=O)CCCC(=O)N1CCCC[C@H]1C(=O)N[C@@H]2Cc1ccccc1. The lowest BCUT2D eigenvalue weighted by Crippen LogP contribution is -2.53. The van der Waals surface area contributed by atoms with Gasteiger partial charge in [-0.3, -0.25) is 24.2 Å². The Morgan fingerprint density at radius 1 is 1.00 bits per heavy atom. The van der Waals surface area contributed by atoms with E-state index in [9.17, 15) is 24.0 Å². The van der Waals surface area contributed by atoms with Gasteiger partial charge in [-0.25, -0.2) is 14.5 Å². The molecular formula is C29H36N8O5. The molecular weight excluding hydrogens is 540 g/mol. The highest BCUT2D eigenvalue weighted by molar-refractivity contribution is 5.93. The number of aromatic amines is 1. The van der Waals surface area contributed by atoms with Crippen molar-refractivity contribution >= 4 is 17.7 Å². The number of aromatic nitrogens is 5. The number of H-pyrrole nitrogens is 1. The normalized spacial score (nSPS) is 20.3. The topological polar surface area (TPSA) is 155 Å². The number of hydrogen-bond donors (Lipinski definition) is 2. The number of carbonyl (C=O) groups excluding carboxylic acids is 3. The van der Waals surface area contributed by atoms with E-state index >= 15 is 0 Å². The Balaban J connectivity index is 1.52. The number of benzene rings is 1. The van der Waals surface area contributed by atoms with Crippen LogP contribution in [-0.2, 0) is 29.6 Å². The lowest BCUT2D eigenvalue weighted by atomic mass is 9.99. The van der Waals surface area contributed by atoms with Crippen molar-refractivity contribution in [2.24, 2.45) is 7.05 Å². The lowest BCUT2D eigenvalue weighted by molar-refractivity contribution is -0.142. The Morgan fingerprint density at radius 3 is 2.57 bits per heavy atom. The van der Waals surface area contributed by atoms with Crippen molar-refractivity contribution in [1.82, 2.24) is 39.4 Å². The van der Waals surface area contributed by atoms with Crippen molar-refractivity contribution in [2.75, 3.05) is 19.6 Å². The van der Waals surface area contributed by atoms with Crippen LogP contribution in [0.1, 0.15) is 65.7 Å². The van der Waals surface area contributed by atoms with Crippen LogP contribution in [0.4, 0.5) is 0 Å². The fourth-order valence-electron chi connectivity index (χ4n) is 5.70. The van der Waals surface area contributed by atoms with Gasteiger partial charge < -0.3 is 19.7 Å². The molecule has 0 radical (unpaired) electrons. The summed E-state index contributed by atoms with van der Waals surface area (Å²) in [5.74, 6) is 0.165. The summed E-state index contributed by atoms with van der Waals surface area (Å²) in [6.07, 6.45) is 4.42. The van der Waals surface area contributed by atoms with E-state index in [1.165, 1.54) is 18.1 Å². The van der Waals surface area contributed by atoms with Crippen LogP contribution in [0.15, 0.2) is 46.1 Å². The largest absolute Gasteiger partial charge is 0.344 e. The van der Waals surface area contributed by atoms with E-state index in [2.05, 4.69) is 20.4 Å². The third-order valence-corrected chi connectivity index (χ3v) is 7.87. The van der Waals surface area contributed by atoms with E-state index in [-0.39, 0.29) is 43.4 Å². The quantitative estimate of drug-likeness (QED) is 0.465. The first kappa shape index (κ1) is 29.0. The molecule has 2 aliphatic rings. The van der Waals surface area contributed by atoms with Gasteiger partial charge in [-0.2, -0.15) is 5.10 Å². The molecule has 0 bridgehead atoms. The molecule has 2 N–H and O–H groups in total. The first-order valence-electron chi connectivity index (χ1n) is 14.4. The Bertz CT molecular complexity index is 1580. The summed E-state index contributed by atoms with van der Waals surface area (Å²) in [7, 11) is 1.46. The first-order valence-corrected chi connectivity index (χ1v) is 14.4. The van der Waals surface area contributed by atoms with Crippen molar-refractivity contribution in [2.45, 2.75) is 64.1 Å². The van der Waals surface area contributed by atoms with Crippen LogP contribution in [0.5, 0.6) is 0 Å². The summed E-state index contributed by atoms with van der Waals surface area (Å²) in [5, 5.41) is 7.75. The van der Waals surface area contributed by atoms with Gasteiger partial charge in [0, 0.05) is 39.3 Å². The third kappa shape index (κ3) is 6.34. The number of carbonyl (C=O) groups is 3. The first-order chi connectivity index (χ1) is 20.2. The fraction of sp³-hybridized carbons (Fsp3) is 0.483. The maximum atomic E-state index is 13.7. The van der Waals surface area contributed by atoms with Crippen molar-refractivity contribution in [1.29, 1.82) is 0 Å². The minimum Gasteiger partial charge on any atom is -0.344 e. The smallest absolute Gasteiger partial charge is 0.328 e. The van der Waals surface area contributed by atoms with Gasteiger partial charge in [-0.15, -0.1) is 0 Å². The van der Waals surface area contributed by atoms with E-state index in [0.717, 1.165) is 23.0 Å². The zero-order valence-electron chi connectivity index (χ0n) is 23.9. The van der Waals surface area contributed by atoms with Gasteiger partial charge in [0.05, 0.1) is 12.6 Å². The average molecular weight is 577 g/mol. The number of aryl methyl sites for hydroxylation is 2. The summed E-state index contributed by atoms with van der Waals surface area (Å²) in [6, 6.07) is 8.63. The number of rotatable bonds is 3. The number of fused-ring (bicyclic) bond motifs is 2.